The molecule has 0 spiro atoms. The highest BCUT2D eigenvalue weighted by molar-refractivity contribution is 5.87. The number of amides is 1. The molecule has 5 rings (SSSR count). The van der Waals surface area contributed by atoms with Gasteiger partial charge in [0.05, 0.1) is 11.4 Å². The number of aromatic nitrogens is 4. The largest absolute Gasteiger partial charge is 0.349 e. The zero-order valence-corrected chi connectivity index (χ0v) is 23.2. The highest BCUT2D eigenvalue weighted by Gasteiger charge is 2.30. The fraction of sp³-hybridized carbons (Fsp3) is 0.500. The Kier molecular flexibility index (Phi) is 8.07. The molecule has 39 heavy (non-hydrogen) atoms. The lowest BCUT2D eigenvalue weighted by molar-refractivity contribution is -0.128. The number of benzene rings is 1. The van der Waals surface area contributed by atoms with Gasteiger partial charge >= 0.3 is 5.69 Å². The summed E-state index contributed by atoms with van der Waals surface area (Å²) in [5.74, 6) is 1.29. The third kappa shape index (κ3) is 5.88. The van der Waals surface area contributed by atoms with Crippen molar-refractivity contribution in [3.05, 3.63) is 70.9 Å². The van der Waals surface area contributed by atoms with Gasteiger partial charge in [0.2, 0.25) is 11.9 Å². The van der Waals surface area contributed by atoms with Crippen LogP contribution >= 0.6 is 0 Å². The Morgan fingerprint density at radius 2 is 1.72 bits per heavy atom. The summed E-state index contributed by atoms with van der Waals surface area (Å²) in [5, 5.41) is 4.14. The van der Waals surface area contributed by atoms with Gasteiger partial charge in [-0.05, 0) is 50.3 Å². The molecule has 1 aliphatic carbocycles. The smallest absolute Gasteiger partial charge is 0.348 e. The minimum atomic E-state index is -0.309. The van der Waals surface area contributed by atoms with E-state index in [4.69, 9.17) is 0 Å². The summed E-state index contributed by atoms with van der Waals surface area (Å²) in [6, 6.07) is 9.17. The van der Waals surface area contributed by atoms with E-state index in [1.165, 1.54) is 43.5 Å². The molecule has 2 fully saturated rings. The number of nitrogens with zero attached hydrogens (tertiary/aromatic N) is 6. The lowest BCUT2D eigenvalue weighted by Crippen LogP contribution is -2.49. The third-order valence-corrected chi connectivity index (χ3v) is 8.25. The van der Waals surface area contributed by atoms with Gasteiger partial charge in [0.1, 0.15) is 0 Å². The summed E-state index contributed by atoms with van der Waals surface area (Å²) in [5.41, 5.74) is 2.74. The Morgan fingerprint density at radius 3 is 2.33 bits per heavy atom. The predicted molar refractivity (Wildman–Crippen MR) is 154 cm³/mol. The van der Waals surface area contributed by atoms with Crippen LogP contribution in [0.25, 0.3) is 11.0 Å². The molecule has 206 valence electrons. The standard InChI is InChI=1S/C30H39N7O2/c1-5-27(38)36-15-13-35(14-16-36)26(17-22-7-6-8-22)24-11-9-23(10-12-24)21(4)33-29-31-18-25-19-32-30(39)37(20(2)3)28(25)34-29/h5,9-12,18-22,26H,1,6-8,13-17H2,2-4H3,(H,31,33,34)/t21-,26?/m0/s1. The van der Waals surface area contributed by atoms with Gasteiger partial charge in [-0.15, -0.1) is 0 Å². The second-order valence-corrected chi connectivity index (χ2v) is 11.1. The van der Waals surface area contributed by atoms with Gasteiger partial charge in [0.15, 0.2) is 5.65 Å². The van der Waals surface area contributed by atoms with Crippen LogP contribution in [0.5, 0.6) is 0 Å². The molecule has 1 N–H and O–H groups in total. The van der Waals surface area contributed by atoms with Gasteiger partial charge in [-0.25, -0.2) is 14.8 Å². The number of carbonyl (C=O) groups is 1. The van der Waals surface area contributed by atoms with E-state index in [0.717, 1.165) is 43.0 Å². The first-order valence-corrected chi connectivity index (χ1v) is 14.1. The normalized spacial score (nSPS) is 18.1. The maximum Gasteiger partial charge on any atom is 0.349 e. The Hall–Kier alpha value is -3.59. The number of piperazine rings is 1. The van der Waals surface area contributed by atoms with Crippen LogP contribution < -0.4 is 11.0 Å². The number of rotatable bonds is 9. The van der Waals surface area contributed by atoms with Crippen LogP contribution in [0.4, 0.5) is 5.95 Å². The highest BCUT2D eigenvalue weighted by Crippen LogP contribution is 2.38. The fourth-order valence-electron chi connectivity index (χ4n) is 5.69. The summed E-state index contributed by atoms with van der Waals surface area (Å²) in [6.07, 6.45) is 9.78. The first-order valence-electron chi connectivity index (χ1n) is 14.1. The van der Waals surface area contributed by atoms with Crippen molar-refractivity contribution >= 4 is 22.9 Å². The Morgan fingerprint density at radius 1 is 1.05 bits per heavy atom. The van der Waals surface area contributed by atoms with Crippen LogP contribution in [0.15, 0.2) is 54.1 Å². The van der Waals surface area contributed by atoms with E-state index in [1.807, 2.05) is 18.7 Å². The summed E-state index contributed by atoms with van der Waals surface area (Å²) in [7, 11) is 0. The van der Waals surface area contributed by atoms with Crippen molar-refractivity contribution in [1.29, 1.82) is 0 Å². The molecule has 3 heterocycles. The highest BCUT2D eigenvalue weighted by atomic mass is 16.2. The maximum absolute atomic E-state index is 12.3. The van der Waals surface area contributed by atoms with Crippen molar-refractivity contribution in [2.45, 2.75) is 64.6 Å². The molecule has 1 amide bonds. The molecule has 9 nitrogen and oxygen atoms in total. The molecule has 1 saturated heterocycles. The number of hydrogen-bond donors (Lipinski definition) is 1. The van der Waals surface area contributed by atoms with E-state index < -0.39 is 0 Å². The van der Waals surface area contributed by atoms with Crippen LogP contribution in [-0.2, 0) is 4.79 Å². The van der Waals surface area contributed by atoms with Gasteiger partial charge in [0, 0.05) is 50.7 Å². The monoisotopic (exact) mass is 529 g/mol. The van der Waals surface area contributed by atoms with Crippen LogP contribution in [-0.4, -0.2) is 61.4 Å². The lowest BCUT2D eigenvalue weighted by Gasteiger charge is -2.41. The number of fused-ring (bicyclic) bond motifs is 1. The minimum absolute atomic E-state index is 0.0175. The molecule has 1 aliphatic heterocycles. The number of anilines is 1. The first kappa shape index (κ1) is 27.0. The number of nitrogens with one attached hydrogen (secondary N) is 1. The molecule has 1 saturated carbocycles. The molecule has 3 aromatic rings. The first-order chi connectivity index (χ1) is 18.8. The average Bonchev–Trinajstić information content (AvgIpc) is 2.92. The van der Waals surface area contributed by atoms with Crippen molar-refractivity contribution in [2.75, 3.05) is 31.5 Å². The van der Waals surface area contributed by atoms with Gasteiger partial charge in [0.25, 0.3) is 0 Å². The predicted octanol–water partition coefficient (Wildman–Crippen LogP) is 4.50. The fourth-order valence-corrected chi connectivity index (χ4v) is 5.69. The van der Waals surface area contributed by atoms with Crippen molar-refractivity contribution in [3.8, 4) is 0 Å². The maximum atomic E-state index is 12.3. The molecule has 9 heteroatoms. The summed E-state index contributed by atoms with van der Waals surface area (Å²) in [6.45, 7) is 12.9. The second kappa shape index (κ2) is 11.7. The number of carbonyl (C=O) groups excluding carboxylic acids is 1. The Labute approximate surface area is 230 Å². The Balaban J connectivity index is 1.31. The van der Waals surface area contributed by atoms with Crippen molar-refractivity contribution < 1.29 is 4.79 Å². The Bertz CT molecular complexity index is 1370. The zero-order chi connectivity index (χ0) is 27.5. The van der Waals surface area contributed by atoms with E-state index in [2.05, 4.69) is 62.9 Å². The molecular formula is C30H39N7O2. The molecule has 2 aliphatic rings. The van der Waals surface area contributed by atoms with Gasteiger partial charge in [-0.2, -0.15) is 4.98 Å². The van der Waals surface area contributed by atoms with Crippen molar-refractivity contribution in [2.24, 2.45) is 5.92 Å². The van der Waals surface area contributed by atoms with Crippen LogP contribution in [0.3, 0.4) is 0 Å². The second-order valence-electron chi connectivity index (χ2n) is 11.1. The van der Waals surface area contributed by atoms with Gasteiger partial charge < -0.3 is 10.2 Å². The van der Waals surface area contributed by atoms with E-state index in [-0.39, 0.29) is 23.7 Å². The van der Waals surface area contributed by atoms with E-state index in [0.29, 0.717) is 17.6 Å². The topological polar surface area (TPSA) is 96.3 Å². The van der Waals surface area contributed by atoms with E-state index >= 15 is 0 Å². The third-order valence-electron chi connectivity index (χ3n) is 8.25. The quantitative estimate of drug-likeness (QED) is 0.408. The van der Waals surface area contributed by atoms with Gasteiger partial charge in [-0.3, -0.25) is 14.3 Å². The summed E-state index contributed by atoms with van der Waals surface area (Å²) < 4.78 is 1.59. The van der Waals surface area contributed by atoms with Crippen LogP contribution in [0.2, 0.25) is 0 Å². The number of hydrogen-bond acceptors (Lipinski definition) is 7. The van der Waals surface area contributed by atoms with E-state index in [1.54, 1.807) is 10.8 Å². The average molecular weight is 530 g/mol. The SMILES string of the molecule is C=CC(=O)N1CCN(C(CC2CCC2)c2ccc([C@H](C)Nc3ncc4cnc(=O)n(C(C)C)c4n3)cc2)CC1. The molecule has 2 aromatic heterocycles. The van der Waals surface area contributed by atoms with Crippen LogP contribution in [0.1, 0.15) is 75.7 Å². The summed E-state index contributed by atoms with van der Waals surface area (Å²) >= 11 is 0. The summed E-state index contributed by atoms with van der Waals surface area (Å²) in [4.78, 5) is 41.9. The van der Waals surface area contributed by atoms with Gasteiger partial charge in [-0.1, -0.05) is 50.1 Å². The molecule has 0 bridgehead atoms. The molecule has 2 atom stereocenters. The molecule has 1 unspecified atom stereocenters. The minimum Gasteiger partial charge on any atom is -0.348 e. The molecule has 1 aromatic carbocycles. The van der Waals surface area contributed by atoms with Crippen molar-refractivity contribution in [3.63, 3.8) is 0 Å². The van der Waals surface area contributed by atoms with E-state index in [9.17, 15) is 9.59 Å². The lowest BCUT2D eigenvalue weighted by atomic mass is 9.79. The zero-order valence-electron chi connectivity index (χ0n) is 23.2. The molecular weight excluding hydrogens is 490 g/mol. The molecule has 0 radical (unpaired) electrons. The van der Waals surface area contributed by atoms with Crippen LogP contribution in [0, 0.1) is 5.92 Å². The van der Waals surface area contributed by atoms with Crippen molar-refractivity contribution in [1.82, 2.24) is 29.3 Å².